The molecule has 0 amide bonds. The van der Waals surface area contributed by atoms with Crippen molar-refractivity contribution in [2.24, 2.45) is 0 Å². The van der Waals surface area contributed by atoms with Crippen molar-refractivity contribution < 1.29 is 8.81 Å². The van der Waals surface area contributed by atoms with E-state index >= 15 is 0 Å². The molecule has 0 spiro atoms. The molecule has 0 aliphatic rings. The maximum absolute atomic E-state index is 12.8. The summed E-state index contributed by atoms with van der Waals surface area (Å²) in [6.07, 6.45) is 0. The number of anilines is 3. The van der Waals surface area contributed by atoms with E-state index in [4.69, 9.17) is 4.42 Å². The van der Waals surface area contributed by atoms with Crippen LogP contribution in [-0.2, 0) is 6.54 Å². The van der Waals surface area contributed by atoms with Gasteiger partial charge in [0.2, 0.25) is 5.89 Å². The number of nitrogens with one attached hydrogen (secondary N) is 2. The van der Waals surface area contributed by atoms with Crippen LogP contribution >= 0.6 is 0 Å². The Balaban J connectivity index is 1.59. The molecule has 2 N–H and O–H groups in total. The number of aromatic nitrogens is 2. The van der Waals surface area contributed by atoms with Crippen molar-refractivity contribution in [2.75, 3.05) is 10.6 Å². The van der Waals surface area contributed by atoms with Gasteiger partial charge in [0.1, 0.15) is 5.82 Å². The number of nitrogens with zero attached hydrogens (tertiary/aromatic N) is 2. The highest BCUT2D eigenvalue weighted by Gasteiger charge is 2.06. The van der Waals surface area contributed by atoms with Crippen LogP contribution in [0.4, 0.5) is 21.8 Å². The average Bonchev–Trinajstić information content (AvgIpc) is 2.95. The molecule has 3 aromatic rings. The molecule has 0 saturated carbocycles. The fourth-order valence-corrected chi connectivity index (χ4v) is 1.77. The van der Waals surface area contributed by atoms with E-state index in [0.717, 1.165) is 11.4 Å². The van der Waals surface area contributed by atoms with Crippen LogP contribution in [0.1, 0.15) is 5.89 Å². The third-order valence-corrected chi connectivity index (χ3v) is 2.78. The van der Waals surface area contributed by atoms with Crippen molar-refractivity contribution in [1.29, 1.82) is 0 Å². The molecule has 2 aromatic carbocycles. The van der Waals surface area contributed by atoms with Gasteiger partial charge < -0.3 is 15.1 Å². The molecule has 0 bridgehead atoms. The molecule has 106 valence electrons. The minimum atomic E-state index is -0.271. The van der Waals surface area contributed by atoms with Crippen molar-refractivity contribution in [3.05, 3.63) is 66.3 Å². The predicted octanol–water partition coefficient (Wildman–Crippen LogP) is 3.56. The molecular formula is C15H13FN4O. The Morgan fingerprint density at radius 2 is 1.67 bits per heavy atom. The summed E-state index contributed by atoms with van der Waals surface area (Å²) in [6, 6.07) is 16.0. The average molecular weight is 284 g/mol. The van der Waals surface area contributed by atoms with Gasteiger partial charge in [0.25, 0.3) is 0 Å². The summed E-state index contributed by atoms with van der Waals surface area (Å²) in [5.74, 6) is 0.172. The van der Waals surface area contributed by atoms with E-state index in [-0.39, 0.29) is 5.82 Å². The summed E-state index contributed by atoms with van der Waals surface area (Å²) in [5, 5.41) is 13.9. The molecule has 3 rings (SSSR count). The number of benzene rings is 2. The molecule has 1 aromatic heterocycles. The smallest absolute Gasteiger partial charge is 0.320 e. The van der Waals surface area contributed by atoms with E-state index in [1.54, 1.807) is 12.1 Å². The Bertz CT molecular complexity index is 697. The second-order valence-electron chi connectivity index (χ2n) is 4.35. The molecule has 21 heavy (non-hydrogen) atoms. The monoisotopic (exact) mass is 284 g/mol. The lowest BCUT2D eigenvalue weighted by molar-refractivity contribution is 0.518. The van der Waals surface area contributed by atoms with Gasteiger partial charge in [-0.05, 0) is 36.4 Å². The van der Waals surface area contributed by atoms with Gasteiger partial charge in [0.15, 0.2) is 0 Å². The van der Waals surface area contributed by atoms with Crippen LogP contribution < -0.4 is 10.6 Å². The number of hydrogen-bond donors (Lipinski definition) is 2. The molecule has 5 nitrogen and oxygen atoms in total. The van der Waals surface area contributed by atoms with Crippen LogP contribution in [0, 0.1) is 5.82 Å². The molecule has 0 atom stereocenters. The largest absolute Gasteiger partial charge is 0.406 e. The van der Waals surface area contributed by atoms with E-state index in [9.17, 15) is 4.39 Å². The Labute approximate surface area is 120 Å². The predicted molar refractivity (Wildman–Crippen MR) is 77.7 cm³/mol. The van der Waals surface area contributed by atoms with Crippen molar-refractivity contribution in [3.8, 4) is 0 Å². The van der Waals surface area contributed by atoms with E-state index in [0.29, 0.717) is 18.5 Å². The van der Waals surface area contributed by atoms with Gasteiger partial charge in [-0.15, -0.1) is 5.10 Å². The number of para-hydroxylation sites is 1. The van der Waals surface area contributed by atoms with Crippen LogP contribution in [0.25, 0.3) is 0 Å². The molecular weight excluding hydrogens is 271 g/mol. The standard InChI is InChI=1S/C15H13FN4O/c16-11-6-8-12(9-7-11)17-10-14-19-20-15(21-14)18-13-4-2-1-3-5-13/h1-9,17H,10H2,(H,18,20). The Kier molecular flexibility index (Phi) is 3.77. The zero-order valence-corrected chi connectivity index (χ0v) is 11.1. The van der Waals surface area contributed by atoms with E-state index in [2.05, 4.69) is 20.8 Å². The molecule has 0 aliphatic carbocycles. The van der Waals surface area contributed by atoms with Crippen molar-refractivity contribution in [3.63, 3.8) is 0 Å². The normalized spacial score (nSPS) is 10.3. The molecule has 0 aliphatic heterocycles. The topological polar surface area (TPSA) is 63.0 Å². The molecule has 6 heteroatoms. The first-order chi connectivity index (χ1) is 10.3. The fourth-order valence-electron chi connectivity index (χ4n) is 1.77. The van der Waals surface area contributed by atoms with Crippen LogP contribution in [0.3, 0.4) is 0 Å². The Hall–Kier alpha value is -2.89. The van der Waals surface area contributed by atoms with Gasteiger partial charge >= 0.3 is 6.01 Å². The fraction of sp³-hybridized carbons (Fsp3) is 0.0667. The maximum atomic E-state index is 12.8. The van der Waals surface area contributed by atoms with Gasteiger partial charge in [-0.2, -0.15) is 0 Å². The summed E-state index contributed by atoms with van der Waals surface area (Å²) >= 11 is 0. The first-order valence-electron chi connectivity index (χ1n) is 6.43. The van der Waals surface area contributed by atoms with Crippen LogP contribution in [-0.4, -0.2) is 10.2 Å². The lowest BCUT2D eigenvalue weighted by atomic mass is 10.3. The van der Waals surface area contributed by atoms with Crippen molar-refractivity contribution in [2.45, 2.75) is 6.54 Å². The summed E-state index contributed by atoms with van der Waals surface area (Å²) < 4.78 is 18.2. The maximum Gasteiger partial charge on any atom is 0.320 e. The third-order valence-electron chi connectivity index (χ3n) is 2.78. The molecule has 0 radical (unpaired) electrons. The van der Waals surface area contributed by atoms with Gasteiger partial charge in [0.05, 0.1) is 6.54 Å². The van der Waals surface area contributed by atoms with E-state index in [1.165, 1.54) is 12.1 Å². The van der Waals surface area contributed by atoms with E-state index in [1.807, 2.05) is 30.3 Å². The van der Waals surface area contributed by atoms with Crippen molar-refractivity contribution >= 4 is 17.4 Å². The summed E-state index contributed by atoms with van der Waals surface area (Å²) in [7, 11) is 0. The highest BCUT2D eigenvalue weighted by atomic mass is 19.1. The minimum absolute atomic E-state index is 0.271. The summed E-state index contributed by atoms with van der Waals surface area (Å²) in [6.45, 7) is 0.370. The van der Waals surface area contributed by atoms with Gasteiger partial charge in [0, 0.05) is 11.4 Å². The first kappa shape index (κ1) is 13.1. The SMILES string of the molecule is Fc1ccc(NCc2nnc(Nc3ccccc3)o2)cc1. The van der Waals surface area contributed by atoms with Crippen LogP contribution in [0.2, 0.25) is 0 Å². The number of hydrogen-bond acceptors (Lipinski definition) is 5. The molecule has 0 saturated heterocycles. The minimum Gasteiger partial charge on any atom is -0.406 e. The number of halogens is 1. The highest BCUT2D eigenvalue weighted by Crippen LogP contribution is 2.15. The van der Waals surface area contributed by atoms with Crippen LogP contribution in [0.15, 0.2) is 59.0 Å². The molecule has 0 fully saturated rings. The lowest BCUT2D eigenvalue weighted by Crippen LogP contribution is -1.99. The summed E-state index contributed by atoms with van der Waals surface area (Å²) in [5.41, 5.74) is 1.66. The second-order valence-corrected chi connectivity index (χ2v) is 4.35. The van der Waals surface area contributed by atoms with Gasteiger partial charge in [-0.25, -0.2) is 4.39 Å². The first-order valence-corrected chi connectivity index (χ1v) is 6.43. The number of rotatable bonds is 5. The van der Waals surface area contributed by atoms with Crippen molar-refractivity contribution in [1.82, 2.24) is 10.2 Å². The zero-order chi connectivity index (χ0) is 14.5. The molecule has 1 heterocycles. The lowest BCUT2D eigenvalue weighted by Gasteiger charge is -2.02. The second kappa shape index (κ2) is 6.04. The Morgan fingerprint density at radius 1 is 0.905 bits per heavy atom. The highest BCUT2D eigenvalue weighted by molar-refractivity contribution is 5.51. The van der Waals surface area contributed by atoms with Crippen LogP contribution in [0.5, 0.6) is 0 Å². The van der Waals surface area contributed by atoms with E-state index < -0.39 is 0 Å². The Morgan fingerprint density at radius 3 is 2.43 bits per heavy atom. The van der Waals surface area contributed by atoms with Gasteiger partial charge in [-0.1, -0.05) is 23.3 Å². The van der Waals surface area contributed by atoms with Gasteiger partial charge in [-0.3, -0.25) is 0 Å². The molecule has 0 unspecified atom stereocenters. The summed E-state index contributed by atoms with van der Waals surface area (Å²) in [4.78, 5) is 0. The third kappa shape index (κ3) is 3.56. The zero-order valence-electron chi connectivity index (χ0n) is 11.1. The quantitative estimate of drug-likeness (QED) is 0.750.